The predicted octanol–water partition coefficient (Wildman–Crippen LogP) is 1.74. The number of hydrogen-bond acceptors (Lipinski definition) is 3. The molecule has 12 heavy (non-hydrogen) atoms. The van der Waals surface area contributed by atoms with Crippen LogP contribution in [0.4, 0.5) is 0 Å². The van der Waals surface area contributed by atoms with E-state index in [1.165, 1.54) is 0 Å². The summed E-state index contributed by atoms with van der Waals surface area (Å²) in [5, 5.41) is 8.77. The van der Waals surface area contributed by atoms with Crippen molar-refractivity contribution in [3.63, 3.8) is 0 Å². The Morgan fingerprint density at radius 1 is 1.58 bits per heavy atom. The number of nitrogens with two attached hydrogens (primary N) is 1. The lowest BCUT2D eigenvalue weighted by Gasteiger charge is -2.01. The molecule has 2 N–H and O–H groups in total. The maximum Gasteiger partial charge on any atom is 0.100 e. The van der Waals surface area contributed by atoms with E-state index in [0.717, 1.165) is 10.5 Å². The van der Waals surface area contributed by atoms with Crippen LogP contribution in [0.2, 0.25) is 0 Å². The van der Waals surface area contributed by atoms with Crippen molar-refractivity contribution in [2.45, 2.75) is 11.4 Å². The molecular formula is C9H10N2S. The van der Waals surface area contributed by atoms with Crippen LogP contribution in [0.3, 0.4) is 0 Å². The third-order valence-electron chi connectivity index (χ3n) is 1.62. The third kappa shape index (κ3) is 1.79. The van der Waals surface area contributed by atoms with E-state index in [-0.39, 0.29) is 0 Å². The summed E-state index contributed by atoms with van der Waals surface area (Å²) in [6, 6.07) is 7.87. The quantitative estimate of drug-likeness (QED) is 0.702. The summed E-state index contributed by atoms with van der Waals surface area (Å²) < 4.78 is 0. The van der Waals surface area contributed by atoms with Crippen LogP contribution in [0, 0.1) is 11.3 Å². The molecule has 1 aromatic carbocycles. The van der Waals surface area contributed by atoms with E-state index in [1.54, 1.807) is 11.8 Å². The smallest absolute Gasteiger partial charge is 0.100 e. The number of hydrogen-bond donors (Lipinski definition) is 1. The van der Waals surface area contributed by atoms with Gasteiger partial charge in [0.25, 0.3) is 0 Å². The van der Waals surface area contributed by atoms with Crippen LogP contribution in [0.5, 0.6) is 0 Å². The molecule has 0 bridgehead atoms. The highest BCUT2D eigenvalue weighted by atomic mass is 32.2. The highest BCUT2D eigenvalue weighted by Crippen LogP contribution is 2.20. The molecule has 0 aromatic heterocycles. The Morgan fingerprint density at radius 3 is 2.83 bits per heavy atom. The second-order valence-corrected chi connectivity index (χ2v) is 3.20. The van der Waals surface area contributed by atoms with E-state index >= 15 is 0 Å². The zero-order chi connectivity index (χ0) is 8.97. The first-order chi connectivity index (χ1) is 5.81. The van der Waals surface area contributed by atoms with Crippen molar-refractivity contribution in [2.24, 2.45) is 5.73 Å². The molecule has 3 heteroatoms. The SMILES string of the molecule is CSc1ccc(CN)cc1C#N. The number of nitriles is 1. The van der Waals surface area contributed by atoms with Crippen molar-refractivity contribution in [3.05, 3.63) is 29.3 Å². The maximum atomic E-state index is 8.77. The molecule has 0 spiro atoms. The molecular weight excluding hydrogens is 168 g/mol. The molecule has 0 saturated carbocycles. The van der Waals surface area contributed by atoms with Gasteiger partial charge in [-0.3, -0.25) is 0 Å². The van der Waals surface area contributed by atoms with Gasteiger partial charge >= 0.3 is 0 Å². The van der Waals surface area contributed by atoms with Crippen molar-refractivity contribution < 1.29 is 0 Å². The normalized spacial score (nSPS) is 9.42. The Morgan fingerprint density at radius 2 is 2.33 bits per heavy atom. The van der Waals surface area contributed by atoms with Crippen molar-refractivity contribution in [2.75, 3.05) is 6.26 Å². The summed E-state index contributed by atoms with van der Waals surface area (Å²) in [4.78, 5) is 1.01. The van der Waals surface area contributed by atoms with Crippen molar-refractivity contribution in [1.29, 1.82) is 5.26 Å². The van der Waals surface area contributed by atoms with Crippen molar-refractivity contribution in [1.82, 2.24) is 0 Å². The van der Waals surface area contributed by atoms with Crippen LogP contribution in [0.15, 0.2) is 23.1 Å². The van der Waals surface area contributed by atoms with Gasteiger partial charge in [-0.05, 0) is 24.0 Å². The highest BCUT2D eigenvalue weighted by Gasteiger charge is 2.00. The molecule has 0 aliphatic carbocycles. The van der Waals surface area contributed by atoms with Crippen molar-refractivity contribution >= 4 is 11.8 Å². The first-order valence-corrected chi connectivity index (χ1v) is 4.81. The molecule has 0 saturated heterocycles. The molecule has 0 aliphatic rings. The second-order valence-electron chi connectivity index (χ2n) is 2.35. The molecule has 0 fully saturated rings. The third-order valence-corrected chi connectivity index (χ3v) is 2.42. The summed E-state index contributed by atoms with van der Waals surface area (Å²) in [6.45, 7) is 0.489. The van der Waals surface area contributed by atoms with Gasteiger partial charge in [0.15, 0.2) is 0 Å². The molecule has 1 rings (SSSR count). The second kappa shape index (κ2) is 4.15. The van der Waals surface area contributed by atoms with E-state index in [2.05, 4.69) is 6.07 Å². The van der Waals surface area contributed by atoms with Gasteiger partial charge in [0, 0.05) is 11.4 Å². The zero-order valence-corrected chi connectivity index (χ0v) is 7.69. The topological polar surface area (TPSA) is 49.8 Å². The van der Waals surface area contributed by atoms with Crippen LogP contribution in [-0.4, -0.2) is 6.26 Å². The minimum atomic E-state index is 0.489. The Bertz CT molecular complexity index is 315. The molecule has 0 radical (unpaired) electrons. The lowest BCUT2D eigenvalue weighted by atomic mass is 10.1. The average molecular weight is 178 g/mol. The summed E-state index contributed by atoms with van der Waals surface area (Å²) >= 11 is 1.58. The fraction of sp³-hybridized carbons (Fsp3) is 0.222. The fourth-order valence-electron chi connectivity index (χ4n) is 0.969. The van der Waals surface area contributed by atoms with E-state index in [0.29, 0.717) is 12.1 Å². The minimum absolute atomic E-state index is 0.489. The Hall–Kier alpha value is -0.980. The zero-order valence-electron chi connectivity index (χ0n) is 6.87. The fourth-order valence-corrected chi connectivity index (χ4v) is 1.50. The van der Waals surface area contributed by atoms with Crippen LogP contribution in [0.25, 0.3) is 0 Å². The number of benzene rings is 1. The van der Waals surface area contributed by atoms with Gasteiger partial charge < -0.3 is 5.73 Å². The number of thioether (sulfide) groups is 1. The molecule has 62 valence electrons. The van der Waals surface area contributed by atoms with Gasteiger partial charge in [0.2, 0.25) is 0 Å². The monoisotopic (exact) mass is 178 g/mol. The van der Waals surface area contributed by atoms with Gasteiger partial charge in [0.1, 0.15) is 6.07 Å². The van der Waals surface area contributed by atoms with E-state index in [1.807, 2.05) is 24.5 Å². The van der Waals surface area contributed by atoms with Crippen LogP contribution in [-0.2, 0) is 6.54 Å². The summed E-state index contributed by atoms with van der Waals surface area (Å²) in [5.74, 6) is 0. The van der Waals surface area contributed by atoms with E-state index < -0.39 is 0 Å². The highest BCUT2D eigenvalue weighted by molar-refractivity contribution is 7.98. The summed E-state index contributed by atoms with van der Waals surface area (Å²) in [6.07, 6.45) is 1.96. The number of rotatable bonds is 2. The molecule has 0 amide bonds. The molecule has 0 aliphatic heterocycles. The van der Waals surface area contributed by atoms with E-state index in [4.69, 9.17) is 11.0 Å². The summed E-state index contributed by atoms with van der Waals surface area (Å²) in [5.41, 5.74) is 7.17. The van der Waals surface area contributed by atoms with Crippen LogP contribution >= 0.6 is 11.8 Å². The standard InChI is InChI=1S/C9H10N2S/c1-12-9-3-2-7(5-10)4-8(9)6-11/h2-4H,5,10H2,1H3. The Balaban J connectivity index is 3.13. The first kappa shape index (κ1) is 9.11. The maximum absolute atomic E-state index is 8.77. The summed E-state index contributed by atoms with van der Waals surface area (Å²) in [7, 11) is 0. The van der Waals surface area contributed by atoms with Crippen LogP contribution in [0.1, 0.15) is 11.1 Å². The Labute approximate surface area is 76.4 Å². The largest absolute Gasteiger partial charge is 0.326 e. The Kier molecular flexibility index (Phi) is 3.15. The lowest BCUT2D eigenvalue weighted by molar-refractivity contribution is 1.06. The predicted molar refractivity (Wildman–Crippen MR) is 50.8 cm³/mol. The van der Waals surface area contributed by atoms with Crippen molar-refractivity contribution in [3.8, 4) is 6.07 Å². The van der Waals surface area contributed by atoms with Gasteiger partial charge in [-0.1, -0.05) is 6.07 Å². The number of nitrogens with zero attached hydrogens (tertiary/aromatic N) is 1. The average Bonchev–Trinajstić information content (AvgIpc) is 2.16. The lowest BCUT2D eigenvalue weighted by Crippen LogP contribution is -1.96. The first-order valence-electron chi connectivity index (χ1n) is 3.59. The van der Waals surface area contributed by atoms with Crippen LogP contribution < -0.4 is 5.73 Å². The van der Waals surface area contributed by atoms with Gasteiger partial charge in [-0.25, -0.2) is 0 Å². The molecule has 0 unspecified atom stereocenters. The van der Waals surface area contributed by atoms with Gasteiger partial charge in [-0.15, -0.1) is 11.8 Å². The minimum Gasteiger partial charge on any atom is -0.326 e. The van der Waals surface area contributed by atoms with Gasteiger partial charge in [0.05, 0.1) is 5.56 Å². The molecule has 0 atom stereocenters. The molecule has 2 nitrogen and oxygen atoms in total. The molecule has 1 aromatic rings. The van der Waals surface area contributed by atoms with Gasteiger partial charge in [-0.2, -0.15) is 5.26 Å². The molecule has 0 heterocycles. The van der Waals surface area contributed by atoms with E-state index in [9.17, 15) is 0 Å².